The number of hydrogen-bond acceptors (Lipinski definition) is 7. The molecule has 0 spiro atoms. The molecule has 1 aromatic heterocycles. The molecule has 2 heterocycles. The van der Waals surface area contributed by atoms with Gasteiger partial charge in [-0.3, -0.25) is 4.90 Å². The van der Waals surface area contributed by atoms with E-state index in [0.717, 1.165) is 44.1 Å². The summed E-state index contributed by atoms with van der Waals surface area (Å²) in [7, 11) is 0. The maximum Gasteiger partial charge on any atom is 0.343 e. The molecule has 0 atom stereocenters. The van der Waals surface area contributed by atoms with Crippen molar-refractivity contribution in [3.8, 4) is 11.4 Å². The van der Waals surface area contributed by atoms with E-state index in [0.29, 0.717) is 16.7 Å². The van der Waals surface area contributed by atoms with E-state index in [9.17, 15) is 4.79 Å². The van der Waals surface area contributed by atoms with Crippen molar-refractivity contribution in [2.45, 2.75) is 13.5 Å². The highest BCUT2D eigenvalue weighted by molar-refractivity contribution is 6.30. The van der Waals surface area contributed by atoms with E-state index in [2.05, 4.69) is 32.3 Å². The van der Waals surface area contributed by atoms with Gasteiger partial charge in [0.1, 0.15) is 11.4 Å². The van der Waals surface area contributed by atoms with E-state index in [1.807, 2.05) is 24.3 Å². The molecule has 32 heavy (non-hydrogen) atoms. The smallest absolute Gasteiger partial charge is 0.343 e. The van der Waals surface area contributed by atoms with Gasteiger partial charge in [0.2, 0.25) is 0 Å². The number of rotatable bonds is 7. The Bertz CT molecular complexity index is 1050. The van der Waals surface area contributed by atoms with Crippen LogP contribution < -0.4 is 5.32 Å². The first-order valence-electron chi connectivity index (χ1n) is 10.6. The van der Waals surface area contributed by atoms with Gasteiger partial charge < -0.3 is 14.8 Å². The molecular weight excluding hydrogens is 428 g/mol. The predicted octanol–water partition coefficient (Wildman–Crippen LogP) is 4.55. The van der Waals surface area contributed by atoms with Crippen LogP contribution in [0, 0.1) is 0 Å². The van der Waals surface area contributed by atoms with E-state index < -0.39 is 5.97 Å². The SMILES string of the molecule is CCOC(=O)c1cnc(-c2ccc(Cl)cc2)nc1Nc1ccc(CN2CCOCC2)cc1. The Labute approximate surface area is 192 Å². The van der Waals surface area contributed by atoms with Crippen molar-refractivity contribution >= 4 is 29.1 Å². The van der Waals surface area contributed by atoms with Crippen LogP contribution >= 0.6 is 11.6 Å². The fourth-order valence-electron chi connectivity index (χ4n) is 3.42. The van der Waals surface area contributed by atoms with Crippen LogP contribution in [0.25, 0.3) is 11.4 Å². The third kappa shape index (κ3) is 5.62. The molecule has 0 radical (unpaired) electrons. The van der Waals surface area contributed by atoms with Crippen LogP contribution in [-0.4, -0.2) is 53.7 Å². The number of benzene rings is 2. The molecule has 3 aromatic rings. The molecule has 1 aliphatic heterocycles. The number of nitrogens with zero attached hydrogens (tertiary/aromatic N) is 3. The molecule has 0 aliphatic carbocycles. The first kappa shape index (κ1) is 22.2. The van der Waals surface area contributed by atoms with Crippen molar-refractivity contribution in [1.82, 2.24) is 14.9 Å². The highest BCUT2D eigenvalue weighted by atomic mass is 35.5. The van der Waals surface area contributed by atoms with Crippen molar-refractivity contribution in [2.24, 2.45) is 0 Å². The maximum atomic E-state index is 12.4. The minimum atomic E-state index is -0.471. The van der Waals surface area contributed by atoms with Crippen molar-refractivity contribution in [3.63, 3.8) is 0 Å². The Hall–Kier alpha value is -3.00. The Morgan fingerprint density at radius 3 is 2.53 bits per heavy atom. The largest absolute Gasteiger partial charge is 0.462 e. The standard InChI is InChI=1S/C24H25ClN4O3/c1-2-32-24(30)21-15-26-22(18-5-7-19(25)8-6-18)28-23(21)27-20-9-3-17(4-10-20)16-29-11-13-31-14-12-29/h3-10,15H,2,11-14,16H2,1H3,(H,26,27,28). The van der Waals surface area contributed by atoms with Crippen molar-refractivity contribution in [2.75, 3.05) is 38.2 Å². The fourth-order valence-corrected chi connectivity index (χ4v) is 3.55. The fraction of sp³-hybridized carbons (Fsp3) is 0.292. The minimum absolute atomic E-state index is 0.271. The lowest BCUT2D eigenvalue weighted by Crippen LogP contribution is -2.35. The van der Waals surface area contributed by atoms with Gasteiger partial charge in [0.15, 0.2) is 5.82 Å². The van der Waals surface area contributed by atoms with Crippen molar-refractivity contribution < 1.29 is 14.3 Å². The molecule has 2 aromatic carbocycles. The topological polar surface area (TPSA) is 76.6 Å². The molecule has 1 aliphatic rings. The number of carbonyl (C=O) groups excluding carboxylic acids is 1. The molecule has 8 heteroatoms. The van der Waals surface area contributed by atoms with Crippen LogP contribution in [0.3, 0.4) is 0 Å². The second kappa shape index (κ2) is 10.5. The van der Waals surface area contributed by atoms with Crippen molar-refractivity contribution in [3.05, 3.63) is 70.9 Å². The number of carbonyl (C=O) groups is 1. The zero-order valence-electron chi connectivity index (χ0n) is 17.9. The Morgan fingerprint density at radius 2 is 1.84 bits per heavy atom. The minimum Gasteiger partial charge on any atom is -0.462 e. The molecule has 1 N–H and O–H groups in total. The monoisotopic (exact) mass is 452 g/mol. The lowest BCUT2D eigenvalue weighted by atomic mass is 10.1. The molecule has 0 bridgehead atoms. The summed E-state index contributed by atoms with van der Waals surface area (Å²) in [4.78, 5) is 23.8. The molecule has 1 saturated heterocycles. The van der Waals surface area contributed by atoms with E-state index in [1.54, 1.807) is 19.1 Å². The Balaban J connectivity index is 1.56. The number of anilines is 2. The van der Waals surface area contributed by atoms with Gasteiger partial charge in [-0.15, -0.1) is 0 Å². The lowest BCUT2D eigenvalue weighted by molar-refractivity contribution is 0.0342. The van der Waals surface area contributed by atoms with Crippen LogP contribution in [0.15, 0.2) is 54.7 Å². The zero-order chi connectivity index (χ0) is 22.3. The van der Waals surface area contributed by atoms with Gasteiger partial charge in [-0.2, -0.15) is 0 Å². The molecule has 4 rings (SSSR count). The quantitative estimate of drug-likeness (QED) is 0.527. The molecule has 1 fully saturated rings. The molecule has 166 valence electrons. The number of ether oxygens (including phenoxy) is 2. The second-order valence-corrected chi connectivity index (χ2v) is 7.83. The van der Waals surface area contributed by atoms with Gasteiger partial charge in [0, 0.05) is 42.1 Å². The Morgan fingerprint density at radius 1 is 1.12 bits per heavy atom. The molecule has 0 unspecified atom stereocenters. The molecule has 0 saturated carbocycles. The molecular formula is C24H25ClN4O3. The number of halogens is 1. The van der Waals surface area contributed by atoms with Crippen molar-refractivity contribution in [1.29, 1.82) is 0 Å². The third-order valence-electron chi connectivity index (χ3n) is 5.11. The first-order chi connectivity index (χ1) is 15.6. The van der Waals surface area contributed by atoms with Crippen LogP contribution in [0.5, 0.6) is 0 Å². The van der Waals surface area contributed by atoms with E-state index in [-0.39, 0.29) is 12.2 Å². The summed E-state index contributed by atoms with van der Waals surface area (Å²) in [6.45, 7) is 6.36. The van der Waals surface area contributed by atoms with Gasteiger partial charge >= 0.3 is 5.97 Å². The summed E-state index contributed by atoms with van der Waals surface area (Å²) < 4.78 is 10.6. The molecule has 0 amide bonds. The van der Waals surface area contributed by atoms with Crippen LogP contribution in [0.2, 0.25) is 5.02 Å². The van der Waals surface area contributed by atoms with Gasteiger partial charge in [0.05, 0.1) is 19.8 Å². The summed E-state index contributed by atoms with van der Waals surface area (Å²) >= 11 is 5.99. The maximum absolute atomic E-state index is 12.4. The van der Waals surface area contributed by atoms with E-state index in [4.69, 9.17) is 21.1 Å². The van der Waals surface area contributed by atoms with E-state index in [1.165, 1.54) is 11.8 Å². The number of esters is 1. The zero-order valence-corrected chi connectivity index (χ0v) is 18.6. The van der Waals surface area contributed by atoms with Crippen LogP contribution in [0.4, 0.5) is 11.5 Å². The van der Waals surface area contributed by atoms with Gasteiger partial charge in [-0.05, 0) is 48.9 Å². The van der Waals surface area contributed by atoms with Crippen LogP contribution in [-0.2, 0) is 16.0 Å². The van der Waals surface area contributed by atoms with Gasteiger partial charge in [-0.1, -0.05) is 23.7 Å². The highest BCUT2D eigenvalue weighted by Gasteiger charge is 2.17. The number of aromatic nitrogens is 2. The predicted molar refractivity (Wildman–Crippen MR) is 124 cm³/mol. The van der Waals surface area contributed by atoms with E-state index >= 15 is 0 Å². The normalized spacial score (nSPS) is 14.2. The number of morpholine rings is 1. The average Bonchev–Trinajstić information content (AvgIpc) is 2.82. The first-order valence-corrected chi connectivity index (χ1v) is 11.0. The average molecular weight is 453 g/mol. The summed E-state index contributed by atoms with van der Waals surface area (Å²) in [6.07, 6.45) is 1.49. The summed E-state index contributed by atoms with van der Waals surface area (Å²) in [5, 5.41) is 3.88. The third-order valence-corrected chi connectivity index (χ3v) is 5.37. The Kier molecular flexibility index (Phi) is 7.32. The lowest BCUT2D eigenvalue weighted by Gasteiger charge is -2.26. The summed E-state index contributed by atoms with van der Waals surface area (Å²) in [6, 6.07) is 15.3. The van der Waals surface area contributed by atoms with Gasteiger partial charge in [-0.25, -0.2) is 14.8 Å². The summed E-state index contributed by atoms with van der Waals surface area (Å²) in [5.41, 5.74) is 3.12. The number of hydrogen-bond donors (Lipinski definition) is 1. The van der Waals surface area contributed by atoms with Crippen LogP contribution in [0.1, 0.15) is 22.8 Å². The number of nitrogens with one attached hydrogen (secondary N) is 1. The highest BCUT2D eigenvalue weighted by Crippen LogP contribution is 2.25. The summed E-state index contributed by atoms with van der Waals surface area (Å²) in [5.74, 6) is 0.409. The second-order valence-electron chi connectivity index (χ2n) is 7.39. The molecule has 7 nitrogen and oxygen atoms in total. The van der Waals surface area contributed by atoms with Gasteiger partial charge in [0.25, 0.3) is 0 Å².